The molecule has 3 heterocycles. The number of rotatable bonds is 1. The van der Waals surface area contributed by atoms with Gasteiger partial charge in [0.25, 0.3) is 5.56 Å². The monoisotopic (exact) mass is 254 g/mol. The molecule has 2 N–H and O–H groups in total. The van der Waals surface area contributed by atoms with Crippen molar-refractivity contribution in [3.05, 3.63) is 34.0 Å². The number of hydrogen-bond donors (Lipinski definition) is 2. The van der Waals surface area contributed by atoms with Crippen LogP contribution in [0.15, 0.2) is 17.1 Å². The Morgan fingerprint density at radius 3 is 3.06 bits per heavy atom. The molecular formula is C11H15ClN4O. The van der Waals surface area contributed by atoms with Gasteiger partial charge in [-0.05, 0) is 26.0 Å². The van der Waals surface area contributed by atoms with Gasteiger partial charge in [0, 0.05) is 24.4 Å². The Hall–Kier alpha value is -1.33. The standard InChI is InChI=1S/C11H14N4O.ClH/c1-7-4-10-11(16)13-9(6-15(10)14-7)8-2-3-12-5-8;/h4,6,8,12H,2-3,5H2,1H3,(H,13,16);1H. The zero-order valence-corrected chi connectivity index (χ0v) is 10.4. The summed E-state index contributed by atoms with van der Waals surface area (Å²) in [5.74, 6) is 0.404. The maximum absolute atomic E-state index is 11.8. The van der Waals surface area contributed by atoms with E-state index in [0.29, 0.717) is 11.4 Å². The number of aromatic amines is 1. The summed E-state index contributed by atoms with van der Waals surface area (Å²) in [4.78, 5) is 14.8. The maximum Gasteiger partial charge on any atom is 0.274 e. The Morgan fingerprint density at radius 1 is 1.53 bits per heavy atom. The zero-order valence-electron chi connectivity index (χ0n) is 9.56. The molecular weight excluding hydrogens is 240 g/mol. The molecule has 1 saturated heterocycles. The van der Waals surface area contributed by atoms with Gasteiger partial charge in [-0.25, -0.2) is 4.52 Å². The molecule has 6 heteroatoms. The number of aromatic nitrogens is 3. The second-order valence-electron chi connectivity index (χ2n) is 4.34. The average Bonchev–Trinajstić information content (AvgIpc) is 2.84. The van der Waals surface area contributed by atoms with Gasteiger partial charge in [-0.15, -0.1) is 12.4 Å². The third-order valence-corrected chi connectivity index (χ3v) is 3.11. The van der Waals surface area contributed by atoms with Crippen LogP contribution in [0.4, 0.5) is 0 Å². The van der Waals surface area contributed by atoms with Gasteiger partial charge in [0.1, 0.15) is 5.52 Å². The number of H-pyrrole nitrogens is 1. The molecule has 17 heavy (non-hydrogen) atoms. The molecule has 2 aromatic heterocycles. The minimum absolute atomic E-state index is 0. The van der Waals surface area contributed by atoms with Crippen molar-refractivity contribution in [3.8, 4) is 0 Å². The van der Waals surface area contributed by atoms with Crippen LogP contribution in [0.3, 0.4) is 0 Å². The lowest BCUT2D eigenvalue weighted by atomic mass is 10.1. The molecule has 1 aliphatic rings. The minimum Gasteiger partial charge on any atom is -0.323 e. The lowest BCUT2D eigenvalue weighted by Crippen LogP contribution is -2.16. The highest BCUT2D eigenvalue weighted by Gasteiger charge is 2.18. The molecule has 1 unspecified atom stereocenters. The lowest BCUT2D eigenvalue weighted by Gasteiger charge is -2.08. The molecule has 1 atom stereocenters. The first kappa shape index (κ1) is 12.1. The van der Waals surface area contributed by atoms with E-state index in [0.717, 1.165) is 30.9 Å². The van der Waals surface area contributed by atoms with Crippen molar-refractivity contribution in [1.29, 1.82) is 0 Å². The van der Waals surface area contributed by atoms with Crippen molar-refractivity contribution in [1.82, 2.24) is 19.9 Å². The Bertz CT molecular complexity index is 583. The van der Waals surface area contributed by atoms with E-state index in [1.807, 2.05) is 13.1 Å². The molecule has 0 radical (unpaired) electrons. The molecule has 0 spiro atoms. The highest BCUT2D eigenvalue weighted by Crippen LogP contribution is 2.19. The summed E-state index contributed by atoms with van der Waals surface area (Å²) in [5.41, 5.74) is 2.41. The van der Waals surface area contributed by atoms with E-state index in [4.69, 9.17) is 0 Å². The summed E-state index contributed by atoms with van der Waals surface area (Å²) in [6.45, 7) is 3.84. The predicted molar refractivity (Wildman–Crippen MR) is 68.0 cm³/mol. The molecule has 0 saturated carbocycles. The van der Waals surface area contributed by atoms with Crippen LogP contribution in [0.25, 0.3) is 5.52 Å². The summed E-state index contributed by atoms with van der Waals surface area (Å²) in [5, 5.41) is 7.57. The molecule has 1 fully saturated rings. The Morgan fingerprint density at radius 2 is 2.35 bits per heavy atom. The van der Waals surface area contributed by atoms with Crippen molar-refractivity contribution >= 4 is 17.9 Å². The van der Waals surface area contributed by atoms with Gasteiger partial charge in [-0.3, -0.25) is 4.79 Å². The fourth-order valence-electron chi connectivity index (χ4n) is 2.27. The van der Waals surface area contributed by atoms with Crippen LogP contribution in [0.5, 0.6) is 0 Å². The first-order valence-corrected chi connectivity index (χ1v) is 5.54. The molecule has 1 aliphatic heterocycles. The Kier molecular flexibility index (Phi) is 3.22. The number of halogens is 1. The lowest BCUT2D eigenvalue weighted by molar-refractivity contribution is 0.715. The van der Waals surface area contributed by atoms with E-state index in [1.165, 1.54) is 0 Å². The van der Waals surface area contributed by atoms with Crippen molar-refractivity contribution in [2.45, 2.75) is 19.3 Å². The van der Waals surface area contributed by atoms with Crippen LogP contribution in [0.2, 0.25) is 0 Å². The number of hydrogen-bond acceptors (Lipinski definition) is 3. The summed E-state index contributed by atoms with van der Waals surface area (Å²) in [7, 11) is 0. The third-order valence-electron chi connectivity index (χ3n) is 3.11. The molecule has 5 nitrogen and oxygen atoms in total. The first-order chi connectivity index (χ1) is 7.74. The van der Waals surface area contributed by atoms with Crippen LogP contribution < -0.4 is 10.9 Å². The highest BCUT2D eigenvalue weighted by atomic mass is 35.5. The second-order valence-corrected chi connectivity index (χ2v) is 4.34. The molecule has 2 aromatic rings. The fraction of sp³-hybridized carbons (Fsp3) is 0.455. The van der Waals surface area contributed by atoms with E-state index in [2.05, 4.69) is 15.4 Å². The number of aryl methyl sites for hydroxylation is 1. The summed E-state index contributed by atoms with van der Waals surface area (Å²) >= 11 is 0. The predicted octanol–water partition coefficient (Wildman–Crippen LogP) is 0.830. The smallest absolute Gasteiger partial charge is 0.274 e. The molecule has 92 valence electrons. The third kappa shape index (κ3) is 2.08. The van der Waals surface area contributed by atoms with Crippen molar-refractivity contribution < 1.29 is 0 Å². The van der Waals surface area contributed by atoms with Crippen molar-refractivity contribution in [2.24, 2.45) is 0 Å². The van der Waals surface area contributed by atoms with Gasteiger partial charge >= 0.3 is 0 Å². The van der Waals surface area contributed by atoms with E-state index in [-0.39, 0.29) is 18.0 Å². The maximum atomic E-state index is 11.8. The van der Waals surface area contributed by atoms with Crippen LogP contribution >= 0.6 is 12.4 Å². The van der Waals surface area contributed by atoms with Gasteiger partial charge in [-0.2, -0.15) is 5.10 Å². The van der Waals surface area contributed by atoms with Crippen LogP contribution in [0, 0.1) is 6.92 Å². The highest BCUT2D eigenvalue weighted by molar-refractivity contribution is 5.85. The van der Waals surface area contributed by atoms with Gasteiger partial charge in [0.05, 0.1) is 5.69 Å². The molecule has 0 amide bonds. The van der Waals surface area contributed by atoms with E-state index in [9.17, 15) is 4.79 Å². The summed E-state index contributed by atoms with van der Waals surface area (Å²) < 4.78 is 1.68. The molecule has 0 aromatic carbocycles. The number of nitrogens with zero attached hydrogens (tertiary/aromatic N) is 2. The van der Waals surface area contributed by atoms with Crippen LogP contribution in [-0.4, -0.2) is 27.7 Å². The Labute approximate surface area is 105 Å². The normalized spacial score (nSPS) is 19.5. The number of nitrogens with one attached hydrogen (secondary N) is 2. The Balaban J connectivity index is 0.00000108. The van der Waals surface area contributed by atoms with Crippen LogP contribution in [-0.2, 0) is 0 Å². The fourth-order valence-corrected chi connectivity index (χ4v) is 2.27. The van der Waals surface area contributed by atoms with Gasteiger partial charge in [-0.1, -0.05) is 0 Å². The summed E-state index contributed by atoms with van der Waals surface area (Å²) in [6, 6.07) is 1.80. The largest absolute Gasteiger partial charge is 0.323 e. The van der Waals surface area contributed by atoms with Gasteiger partial charge < -0.3 is 10.3 Å². The van der Waals surface area contributed by atoms with Crippen molar-refractivity contribution in [3.63, 3.8) is 0 Å². The van der Waals surface area contributed by atoms with Gasteiger partial charge in [0.15, 0.2) is 0 Å². The SMILES string of the molecule is Cc1cc2c(=O)[nH]c(C3CCNC3)cn2n1.Cl. The van der Waals surface area contributed by atoms with E-state index in [1.54, 1.807) is 10.6 Å². The number of fused-ring (bicyclic) bond motifs is 1. The molecule has 3 rings (SSSR count). The van der Waals surface area contributed by atoms with Crippen molar-refractivity contribution in [2.75, 3.05) is 13.1 Å². The second kappa shape index (κ2) is 4.50. The van der Waals surface area contributed by atoms with E-state index >= 15 is 0 Å². The van der Waals surface area contributed by atoms with E-state index < -0.39 is 0 Å². The van der Waals surface area contributed by atoms with Crippen LogP contribution in [0.1, 0.15) is 23.7 Å². The topological polar surface area (TPSA) is 62.2 Å². The quantitative estimate of drug-likeness (QED) is 0.793. The first-order valence-electron chi connectivity index (χ1n) is 5.54. The molecule has 0 bridgehead atoms. The summed E-state index contributed by atoms with van der Waals surface area (Å²) in [6.07, 6.45) is 3.00. The van der Waals surface area contributed by atoms with Gasteiger partial charge in [0.2, 0.25) is 0 Å². The molecule has 0 aliphatic carbocycles. The minimum atomic E-state index is -0.0509. The average molecular weight is 255 g/mol. The zero-order chi connectivity index (χ0) is 11.1.